The summed E-state index contributed by atoms with van der Waals surface area (Å²) in [4.78, 5) is 28.2. The topological polar surface area (TPSA) is 86.8 Å². The van der Waals surface area contributed by atoms with Gasteiger partial charge in [0.1, 0.15) is 6.04 Å². The van der Waals surface area contributed by atoms with E-state index in [-0.39, 0.29) is 18.2 Å². The molecule has 1 N–H and O–H groups in total. The standard InChI is InChI=1S/C15H20N2O5/c1-20-14-10(4-3-6-16-14)8-12(15(19)21-2)17-13(18)11-5-7-22-9-11/h3-4,6,11-12H,5,7-9H2,1-2H3,(H,17,18)/t11-,12+/m0/s1. The molecule has 2 atom stereocenters. The number of aromatic nitrogens is 1. The number of rotatable bonds is 6. The summed E-state index contributed by atoms with van der Waals surface area (Å²) in [5.74, 6) is -0.494. The van der Waals surface area contributed by atoms with Crippen LogP contribution in [0.2, 0.25) is 0 Å². The largest absolute Gasteiger partial charge is 0.481 e. The summed E-state index contributed by atoms with van der Waals surface area (Å²) >= 11 is 0. The molecule has 0 aliphatic carbocycles. The lowest BCUT2D eigenvalue weighted by Gasteiger charge is -2.19. The number of hydrogen-bond donors (Lipinski definition) is 1. The Balaban J connectivity index is 2.08. The minimum Gasteiger partial charge on any atom is -0.481 e. The van der Waals surface area contributed by atoms with E-state index in [1.807, 2.05) is 0 Å². The summed E-state index contributed by atoms with van der Waals surface area (Å²) in [7, 11) is 2.80. The van der Waals surface area contributed by atoms with Crippen LogP contribution in [0.1, 0.15) is 12.0 Å². The van der Waals surface area contributed by atoms with Gasteiger partial charge in [-0.05, 0) is 12.5 Å². The summed E-state index contributed by atoms with van der Waals surface area (Å²) in [6.45, 7) is 0.952. The molecule has 22 heavy (non-hydrogen) atoms. The second-order valence-electron chi connectivity index (χ2n) is 5.02. The first kappa shape index (κ1) is 16.2. The van der Waals surface area contributed by atoms with Crippen molar-refractivity contribution in [2.45, 2.75) is 18.9 Å². The van der Waals surface area contributed by atoms with Crippen molar-refractivity contribution in [2.75, 3.05) is 27.4 Å². The molecule has 1 aliphatic heterocycles. The van der Waals surface area contributed by atoms with E-state index in [1.54, 1.807) is 18.3 Å². The van der Waals surface area contributed by atoms with Gasteiger partial charge in [0.05, 0.1) is 26.7 Å². The minimum atomic E-state index is -0.781. The van der Waals surface area contributed by atoms with Crippen molar-refractivity contribution in [1.82, 2.24) is 10.3 Å². The molecule has 7 heteroatoms. The Labute approximate surface area is 129 Å². The fraction of sp³-hybridized carbons (Fsp3) is 0.533. The third kappa shape index (κ3) is 3.94. The fourth-order valence-electron chi connectivity index (χ4n) is 2.35. The van der Waals surface area contributed by atoms with Crippen molar-refractivity contribution in [3.05, 3.63) is 23.9 Å². The summed E-state index contributed by atoms with van der Waals surface area (Å²) < 4.78 is 15.1. The van der Waals surface area contributed by atoms with Gasteiger partial charge in [0.2, 0.25) is 11.8 Å². The van der Waals surface area contributed by atoms with E-state index >= 15 is 0 Å². The smallest absolute Gasteiger partial charge is 0.328 e. The van der Waals surface area contributed by atoms with E-state index in [9.17, 15) is 9.59 Å². The quantitative estimate of drug-likeness (QED) is 0.762. The molecule has 0 radical (unpaired) electrons. The van der Waals surface area contributed by atoms with Gasteiger partial charge in [0.15, 0.2) is 0 Å². The number of hydrogen-bond acceptors (Lipinski definition) is 6. The molecule has 0 spiro atoms. The van der Waals surface area contributed by atoms with E-state index in [0.29, 0.717) is 25.5 Å². The van der Waals surface area contributed by atoms with E-state index in [0.717, 1.165) is 5.56 Å². The van der Waals surface area contributed by atoms with Gasteiger partial charge in [-0.3, -0.25) is 4.79 Å². The Morgan fingerprint density at radius 3 is 2.95 bits per heavy atom. The monoisotopic (exact) mass is 308 g/mol. The third-order valence-corrected chi connectivity index (χ3v) is 3.57. The zero-order chi connectivity index (χ0) is 15.9. The second kappa shape index (κ2) is 7.74. The van der Waals surface area contributed by atoms with Gasteiger partial charge >= 0.3 is 5.97 Å². The van der Waals surface area contributed by atoms with Crippen LogP contribution in [-0.4, -0.2) is 50.3 Å². The number of methoxy groups -OCH3 is 2. The molecule has 2 heterocycles. The van der Waals surface area contributed by atoms with Crippen LogP contribution in [0.4, 0.5) is 0 Å². The second-order valence-corrected chi connectivity index (χ2v) is 5.02. The molecule has 1 aliphatic rings. The number of pyridine rings is 1. The lowest BCUT2D eigenvalue weighted by Crippen LogP contribution is -2.45. The Morgan fingerprint density at radius 1 is 1.50 bits per heavy atom. The summed E-state index contributed by atoms with van der Waals surface area (Å²) in [5, 5.41) is 2.73. The number of carbonyl (C=O) groups excluding carboxylic acids is 2. The molecule has 2 rings (SSSR count). The van der Waals surface area contributed by atoms with Crippen LogP contribution in [0.3, 0.4) is 0 Å². The SMILES string of the molecule is COC(=O)[C@@H](Cc1cccnc1OC)NC(=O)[C@H]1CCOC1. The zero-order valence-corrected chi connectivity index (χ0v) is 12.7. The van der Waals surface area contributed by atoms with Gasteiger partial charge < -0.3 is 19.5 Å². The fourth-order valence-corrected chi connectivity index (χ4v) is 2.35. The highest BCUT2D eigenvalue weighted by molar-refractivity contribution is 5.86. The number of carbonyl (C=O) groups is 2. The first-order chi connectivity index (χ1) is 10.7. The van der Waals surface area contributed by atoms with Crippen molar-refractivity contribution in [2.24, 2.45) is 5.92 Å². The molecule has 1 aromatic heterocycles. The van der Waals surface area contributed by atoms with Crippen LogP contribution in [0.25, 0.3) is 0 Å². The van der Waals surface area contributed by atoms with Crippen molar-refractivity contribution in [3.8, 4) is 5.88 Å². The maximum atomic E-state index is 12.2. The molecule has 0 unspecified atom stereocenters. The molecule has 1 amide bonds. The molecule has 0 bridgehead atoms. The van der Waals surface area contributed by atoms with Gasteiger partial charge in [-0.25, -0.2) is 9.78 Å². The van der Waals surface area contributed by atoms with Gasteiger partial charge in [0, 0.05) is 24.8 Å². The van der Waals surface area contributed by atoms with E-state index in [1.165, 1.54) is 14.2 Å². The molecule has 1 aromatic rings. The average Bonchev–Trinajstić information content (AvgIpc) is 3.08. The van der Waals surface area contributed by atoms with Crippen LogP contribution in [0, 0.1) is 5.92 Å². The molecule has 120 valence electrons. The molecule has 1 fully saturated rings. The Morgan fingerprint density at radius 2 is 2.32 bits per heavy atom. The van der Waals surface area contributed by atoms with Crippen LogP contribution in [0.15, 0.2) is 18.3 Å². The van der Waals surface area contributed by atoms with E-state index < -0.39 is 12.0 Å². The van der Waals surface area contributed by atoms with Gasteiger partial charge in [-0.2, -0.15) is 0 Å². The van der Waals surface area contributed by atoms with Crippen LogP contribution >= 0.6 is 0 Å². The van der Waals surface area contributed by atoms with Crippen LogP contribution < -0.4 is 10.1 Å². The molecule has 0 aromatic carbocycles. The number of amides is 1. The average molecular weight is 308 g/mol. The Bertz CT molecular complexity index is 528. The highest BCUT2D eigenvalue weighted by Crippen LogP contribution is 2.17. The zero-order valence-electron chi connectivity index (χ0n) is 12.7. The Kier molecular flexibility index (Phi) is 5.71. The summed E-state index contributed by atoms with van der Waals surface area (Å²) in [5.41, 5.74) is 0.725. The summed E-state index contributed by atoms with van der Waals surface area (Å²) in [6, 6.07) is 2.77. The van der Waals surface area contributed by atoms with Crippen molar-refractivity contribution >= 4 is 11.9 Å². The first-order valence-corrected chi connectivity index (χ1v) is 7.09. The Hall–Kier alpha value is -2.15. The van der Waals surface area contributed by atoms with Crippen molar-refractivity contribution in [1.29, 1.82) is 0 Å². The molecule has 0 saturated carbocycles. The van der Waals surface area contributed by atoms with Crippen molar-refractivity contribution < 1.29 is 23.8 Å². The van der Waals surface area contributed by atoms with E-state index in [4.69, 9.17) is 14.2 Å². The summed E-state index contributed by atoms with van der Waals surface area (Å²) in [6.07, 6.45) is 2.52. The predicted octanol–water partition coefficient (Wildman–Crippen LogP) is 0.327. The van der Waals surface area contributed by atoms with Gasteiger partial charge in [0.25, 0.3) is 0 Å². The molecular formula is C15H20N2O5. The highest BCUT2D eigenvalue weighted by Gasteiger charge is 2.29. The number of esters is 1. The predicted molar refractivity (Wildman–Crippen MR) is 77.4 cm³/mol. The first-order valence-electron chi connectivity index (χ1n) is 7.09. The number of nitrogens with zero attached hydrogens (tertiary/aromatic N) is 1. The third-order valence-electron chi connectivity index (χ3n) is 3.57. The maximum absolute atomic E-state index is 12.2. The maximum Gasteiger partial charge on any atom is 0.328 e. The highest BCUT2D eigenvalue weighted by atomic mass is 16.5. The van der Waals surface area contributed by atoms with Crippen LogP contribution in [-0.2, 0) is 25.5 Å². The molecule has 1 saturated heterocycles. The minimum absolute atomic E-state index is 0.198. The molecule has 7 nitrogen and oxygen atoms in total. The van der Waals surface area contributed by atoms with Gasteiger partial charge in [-0.15, -0.1) is 0 Å². The van der Waals surface area contributed by atoms with Crippen LogP contribution in [0.5, 0.6) is 5.88 Å². The lowest BCUT2D eigenvalue weighted by atomic mass is 10.0. The van der Waals surface area contributed by atoms with Gasteiger partial charge in [-0.1, -0.05) is 6.07 Å². The number of ether oxygens (including phenoxy) is 3. The number of nitrogens with one attached hydrogen (secondary N) is 1. The van der Waals surface area contributed by atoms with Crippen molar-refractivity contribution in [3.63, 3.8) is 0 Å². The lowest BCUT2D eigenvalue weighted by molar-refractivity contribution is -0.145. The van der Waals surface area contributed by atoms with E-state index in [2.05, 4.69) is 10.3 Å². The molecular weight excluding hydrogens is 288 g/mol. The normalized spacial score (nSPS) is 18.5.